The fraction of sp³-hybridized carbons (Fsp3) is 0.304. The molecule has 0 amide bonds. The van der Waals surface area contributed by atoms with Gasteiger partial charge in [-0.05, 0) is 52.3 Å². The number of benzene rings is 3. The minimum absolute atomic E-state index is 0.490. The molecule has 24 heavy (non-hydrogen) atoms. The first-order valence-electron chi connectivity index (χ1n) is 8.93. The standard InChI is InChI=1S/C23H27N/c1-17(2)14-19-8-10-20(11-9-19)18(3)16-24-23-13-12-21-6-4-5-7-22(21)15-23/h4-13,15,17-18,24H,14,16H2,1-3H3. The van der Waals surface area contributed by atoms with Crippen molar-refractivity contribution < 1.29 is 0 Å². The summed E-state index contributed by atoms with van der Waals surface area (Å²) in [4.78, 5) is 0. The first-order chi connectivity index (χ1) is 11.6. The van der Waals surface area contributed by atoms with Gasteiger partial charge < -0.3 is 5.32 Å². The van der Waals surface area contributed by atoms with E-state index in [0.717, 1.165) is 13.0 Å². The van der Waals surface area contributed by atoms with Crippen LogP contribution >= 0.6 is 0 Å². The average molecular weight is 317 g/mol. The van der Waals surface area contributed by atoms with Gasteiger partial charge in [0.15, 0.2) is 0 Å². The summed E-state index contributed by atoms with van der Waals surface area (Å²) in [6.07, 6.45) is 1.16. The maximum Gasteiger partial charge on any atom is 0.0346 e. The van der Waals surface area contributed by atoms with Crippen molar-refractivity contribution in [3.05, 3.63) is 77.9 Å². The van der Waals surface area contributed by atoms with Gasteiger partial charge in [-0.25, -0.2) is 0 Å². The summed E-state index contributed by atoms with van der Waals surface area (Å²) in [7, 11) is 0. The molecule has 3 aromatic carbocycles. The minimum Gasteiger partial charge on any atom is -0.384 e. The highest BCUT2D eigenvalue weighted by molar-refractivity contribution is 5.85. The fourth-order valence-electron chi connectivity index (χ4n) is 3.14. The Hall–Kier alpha value is -2.28. The summed E-state index contributed by atoms with van der Waals surface area (Å²) >= 11 is 0. The zero-order valence-corrected chi connectivity index (χ0v) is 14.9. The van der Waals surface area contributed by atoms with E-state index in [1.807, 2.05) is 0 Å². The number of nitrogens with one attached hydrogen (secondary N) is 1. The van der Waals surface area contributed by atoms with Crippen molar-refractivity contribution in [3.63, 3.8) is 0 Å². The zero-order chi connectivity index (χ0) is 16.9. The molecule has 1 nitrogen and oxygen atoms in total. The summed E-state index contributed by atoms with van der Waals surface area (Å²) in [5.74, 6) is 1.20. The molecule has 0 bridgehead atoms. The van der Waals surface area contributed by atoms with E-state index in [9.17, 15) is 0 Å². The third-order valence-electron chi connectivity index (χ3n) is 4.55. The van der Waals surface area contributed by atoms with Crippen LogP contribution in [0.5, 0.6) is 0 Å². The van der Waals surface area contributed by atoms with Gasteiger partial charge in [0, 0.05) is 12.2 Å². The van der Waals surface area contributed by atoms with E-state index in [-0.39, 0.29) is 0 Å². The van der Waals surface area contributed by atoms with E-state index >= 15 is 0 Å². The lowest BCUT2D eigenvalue weighted by Gasteiger charge is -2.15. The molecule has 0 spiro atoms. The second-order valence-corrected chi connectivity index (χ2v) is 7.18. The number of hydrogen-bond donors (Lipinski definition) is 1. The zero-order valence-electron chi connectivity index (χ0n) is 14.9. The molecule has 0 fully saturated rings. The average Bonchev–Trinajstić information content (AvgIpc) is 2.59. The molecule has 0 heterocycles. The Labute approximate surface area is 145 Å². The van der Waals surface area contributed by atoms with Crippen LogP contribution in [0.25, 0.3) is 10.8 Å². The summed E-state index contributed by atoms with van der Waals surface area (Å²) < 4.78 is 0. The Morgan fingerprint density at radius 3 is 2.21 bits per heavy atom. The maximum atomic E-state index is 3.58. The van der Waals surface area contributed by atoms with Crippen LogP contribution in [0.2, 0.25) is 0 Å². The van der Waals surface area contributed by atoms with Crippen LogP contribution in [0.15, 0.2) is 66.7 Å². The van der Waals surface area contributed by atoms with E-state index in [1.54, 1.807) is 0 Å². The van der Waals surface area contributed by atoms with Crippen molar-refractivity contribution in [3.8, 4) is 0 Å². The van der Waals surface area contributed by atoms with Gasteiger partial charge >= 0.3 is 0 Å². The number of hydrogen-bond acceptors (Lipinski definition) is 1. The topological polar surface area (TPSA) is 12.0 Å². The van der Waals surface area contributed by atoms with Gasteiger partial charge in [-0.1, -0.05) is 75.4 Å². The summed E-state index contributed by atoms with van der Waals surface area (Å²) in [5, 5.41) is 6.16. The van der Waals surface area contributed by atoms with Crippen LogP contribution in [0.1, 0.15) is 37.8 Å². The SMILES string of the molecule is CC(C)Cc1ccc(C(C)CNc2ccc3ccccc3c2)cc1. The quantitative estimate of drug-likeness (QED) is 0.566. The smallest absolute Gasteiger partial charge is 0.0346 e. The largest absolute Gasteiger partial charge is 0.384 e. The van der Waals surface area contributed by atoms with Crippen molar-refractivity contribution in [1.82, 2.24) is 0 Å². The van der Waals surface area contributed by atoms with Crippen molar-refractivity contribution >= 4 is 16.5 Å². The molecule has 3 aromatic rings. The Morgan fingerprint density at radius 2 is 1.50 bits per heavy atom. The van der Waals surface area contributed by atoms with E-state index in [2.05, 4.69) is 92.8 Å². The highest BCUT2D eigenvalue weighted by atomic mass is 14.9. The molecule has 3 rings (SSSR count). The van der Waals surface area contributed by atoms with Crippen molar-refractivity contribution in [2.45, 2.75) is 33.1 Å². The molecule has 0 aromatic heterocycles. The van der Waals surface area contributed by atoms with Crippen LogP contribution in [-0.4, -0.2) is 6.54 Å². The summed E-state index contributed by atoms with van der Waals surface area (Å²) in [6, 6.07) is 24.2. The van der Waals surface area contributed by atoms with Gasteiger partial charge in [0.25, 0.3) is 0 Å². The molecule has 0 aliphatic carbocycles. The maximum absolute atomic E-state index is 3.58. The van der Waals surface area contributed by atoms with Crippen LogP contribution in [0.3, 0.4) is 0 Å². The van der Waals surface area contributed by atoms with Gasteiger partial charge in [-0.15, -0.1) is 0 Å². The second-order valence-electron chi connectivity index (χ2n) is 7.18. The highest BCUT2D eigenvalue weighted by Crippen LogP contribution is 2.21. The van der Waals surface area contributed by atoms with E-state index in [0.29, 0.717) is 11.8 Å². The monoisotopic (exact) mass is 317 g/mol. The summed E-state index contributed by atoms with van der Waals surface area (Å²) in [6.45, 7) is 7.77. The minimum atomic E-state index is 0.490. The predicted molar refractivity (Wildman–Crippen MR) is 106 cm³/mol. The molecular weight excluding hydrogens is 290 g/mol. The predicted octanol–water partition coefficient (Wildman–Crippen LogP) is 6.25. The molecular formula is C23H27N. The molecule has 1 heteroatoms. The lowest BCUT2D eigenvalue weighted by molar-refractivity contribution is 0.647. The number of rotatable bonds is 6. The van der Waals surface area contributed by atoms with Gasteiger partial charge in [0.2, 0.25) is 0 Å². The molecule has 0 saturated carbocycles. The van der Waals surface area contributed by atoms with E-state index in [4.69, 9.17) is 0 Å². The first-order valence-corrected chi connectivity index (χ1v) is 8.93. The van der Waals surface area contributed by atoms with Crippen molar-refractivity contribution in [2.75, 3.05) is 11.9 Å². The van der Waals surface area contributed by atoms with E-state index < -0.39 is 0 Å². The molecule has 0 aliphatic rings. The molecule has 0 saturated heterocycles. The molecule has 1 N–H and O–H groups in total. The van der Waals surface area contributed by atoms with Crippen LogP contribution in [-0.2, 0) is 6.42 Å². The molecule has 0 radical (unpaired) electrons. The molecule has 0 aliphatic heterocycles. The lowest BCUT2D eigenvalue weighted by atomic mass is 9.96. The summed E-state index contributed by atoms with van der Waals surface area (Å²) in [5.41, 5.74) is 4.02. The molecule has 1 atom stereocenters. The normalized spacial score (nSPS) is 12.5. The van der Waals surface area contributed by atoms with Crippen LogP contribution < -0.4 is 5.32 Å². The first kappa shape index (κ1) is 16.6. The van der Waals surface area contributed by atoms with Gasteiger partial charge in [0.05, 0.1) is 0 Å². The van der Waals surface area contributed by atoms with Gasteiger partial charge in [-0.3, -0.25) is 0 Å². The fourth-order valence-corrected chi connectivity index (χ4v) is 3.14. The molecule has 124 valence electrons. The molecule has 1 unspecified atom stereocenters. The van der Waals surface area contributed by atoms with Crippen LogP contribution in [0, 0.1) is 5.92 Å². The third kappa shape index (κ3) is 4.17. The van der Waals surface area contributed by atoms with Crippen LogP contribution in [0.4, 0.5) is 5.69 Å². The Kier molecular flexibility index (Phi) is 5.20. The number of fused-ring (bicyclic) bond motifs is 1. The third-order valence-corrected chi connectivity index (χ3v) is 4.55. The lowest BCUT2D eigenvalue weighted by Crippen LogP contribution is -2.10. The van der Waals surface area contributed by atoms with Crippen molar-refractivity contribution in [1.29, 1.82) is 0 Å². The van der Waals surface area contributed by atoms with E-state index in [1.165, 1.54) is 27.6 Å². The second kappa shape index (κ2) is 7.53. The Balaban J connectivity index is 1.62. The Morgan fingerprint density at radius 1 is 0.792 bits per heavy atom. The van der Waals surface area contributed by atoms with Crippen molar-refractivity contribution in [2.24, 2.45) is 5.92 Å². The van der Waals surface area contributed by atoms with Gasteiger partial charge in [-0.2, -0.15) is 0 Å². The highest BCUT2D eigenvalue weighted by Gasteiger charge is 2.06. The Bertz CT molecular complexity index is 786. The number of anilines is 1. The van der Waals surface area contributed by atoms with Gasteiger partial charge in [0.1, 0.15) is 0 Å².